The number of fused-ring (bicyclic) bond motifs is 1. The van der Waals surface area contributed by atoms with Gasteiger partial charge in [0.05, 0.1) is 0 Å². The Hall–Kier alpha value is -1.06. The Morgan fingerprint density at radius 1 is 1.43 bits per heavy atom. The first kappa shape index (κ1) is 11.0. The maximum atomic E-state index is 5.66. The second-order valence-electron chi connectivity index (χ2n) is 3.24. The number of nitrogens with one attached hydrogen (secondary N) is 1. The summed E-state index contributed by atoms with van der Waals surface area (Å²) in [6, 6.07) is 2.04. The number of hydrogen-bond donors (Lipinski definition) is 2. The standard InChI is InChI=1S/C10H13N3.ClH/c1-6-8-3-4-12-10(8)13-7(2)9(6)5-11;/h3-4H,5,11H2,1-2H3,(H,12,13);1H. The molecular formula is C10H14ClN3. The number of H-pyrrole nitrogens is 1. The van der Waals surface area contributed by atoms with Crippen LogP contribution in [0.3, 0.4) is 0 Å². The third kappa shape index (κ3) is 1.49. The summed E-state index contributed by atoms with van der Waals surface area (Å²) < 4.78 is 0. The summed E-state index contributed by atoms with van der Waals surface area (Å²) >= 11 is 0. The predicted molar refractivity (Wildman–Crippen MR) is 60.7 cm³/mol. The molecule has 0 spiro atoms. The van der Waals surface area contributed by atoms with E-state index in [0.717, 1.165) is 16.9 Å². The van der Waals surface area contributed by atoms with Gasteiger partial charge in [-0.1, -0.05) is 0 Å². The van der Waals surface area contributed by atoms with Crippen LogP contribution in [0, 0.1) is 13.8 Å². The molecule has 0 aliphatic rings. The number of pyridine rings is 1. The fraction of sp³-hybridized carbons (Fsp3) is 0.300. The molecule has 2 aromatic rings. The molecular weight excluding hydrogens is 198 g/mol. The van der Waals surface area contributed by atoms with E-state index in [1.54, 1.807) is 0 Å². The molecule has 2 rings (SSSR count). The minimum absolute atomic E-state index is 0. The van der Waals surface area contributed by atoms with Crippen LogP contribution in [0.1, 0.15) is 16.8 Å². The molecule has 0 radical (unpaired) electrons. The highest BCUT2D eigenvalue weighted by molar-refractivity contribution is 5.85. The van der Waals surface area contributed by atoms with E-state index in [1.165, 1.54) is 10.9 Å². The summed E-state index contributed by atoms with van der Waals surface area (Å²) in [6.07, 6.45) is 1.91. The second kappa shape index (κ2) is 3.98. The molecule has 0 bridgehead atoms. The van der Waals surface area contributed by atoms with E-state index in [1.807, 2.05) is 19.2 Å². The largest absolute Gasteiger partial charge is 0.346 e. The third-order valence-corrected chi connectivity index (χ3v) is 2.50. The maximum Gasteiger partial charge on any atom is 0.137 e. The summed E-state index contributed by atoms with van der Waals surface area (Å²) in [5, 5.41) is 1.17. The Labute approximate surface area is 89.1 Å². The molecule has 76 valence electrons. The van der Waals surface area contributed by atoms with E-state index in [4.69, 9.17) is 5.73 Å². The number of aromatic amines is 1. The van der Waals surface area contributed by atoms with Crippen molar-refractivity contribution in [2.45, 2.75) is 20.4 Å². The van der Waals surface area contributed by atoms with Gasteiger partial charge in [0.15, 0.2) is 0 Å². The molecule has 2 aromatic heterocycles. The maximum absolute atomic E-state index is 5.66. The van der Waals surface area contributed by atoms with E-state index in [-0.39, 0.29) is 12.4 Å². The second-order valence-corrected chi connectivity index (χ2v) is 3.24. The summed E-state index contributed by atoms with van der Waals surface area (Å²) in [4.78, 5) is 7.53. The van der Waals surface area contributed by atoms with Crippen LogP contribution in [0.15, 0.2) is 12.3 Å². The zero-order valence-corrected chi connectivity index (χ0v) is 9.11. The van der Waals surface area contributed by atoms with Crippen LogP contribution >= 0.6 is 12.4 Å². The van der Waals surface area contributed by atoms with Crippen LogP contribution in [0.4, 0.5) is 0 Å². The molecule has 0 fully saturated rings. The Bertz CT molecular complexity index is 448. The van der Waals surface area contributed by atoms with Crippen molar-refractivity contribution >= 4 is 23.4 Å². The first-order valence-corrected chi connectivity index (χ1v) is 4.37. The predicted octanol–water partition coefficient (Wildman–Crippen LogP) is 2.06. The molecule has 4 heteroatoms. The fourth-order valence-corrected chi connectivity index (χ4v) is 1.73. The van der Waals surface area contributed by atoms with Crippen LogP contribution in [-0.2, 0) is 6.54 Å². The molecule has 0 aliphatic carbocycles. The van der Waals surface area contributed by atoms with Gasteiger partial charge in [0.1, 0.15) is 5.65 Å². The summed E-state index contributed by atoms with van der Waals surface area (Å²) in [5.41, 5.74) is 10.0. The van der Waals surface area contributed by atoms with Gasteiger partial charge >= 0.3 is 0 Å². The highest BCUT2D eigenvalue weighted by Crippen LogP contribution is 2.20. The normalized spacial score (nSPS) is 10.2. The van der Waals surface area contributed by atoms with Crippen molar-refractivity contribution in [3.05, 3.63) is 29.1 Å². The van der Waals surface area contributed by atoms with Gasteiger partial charge in [0.25, 0.3) is 0 Å². The molecule has 0 aliphatic heterocycles. The number of nitrogens with two attached hydrogens (primary N) is 1. The minimum atomic E-state index is 0. The zero-order valence-electron chi connectivity index (χ0n) is 8.29. The molecule has 3 N–H and O–H groups in total. The number of nitrogens with zero attached hydrogens (tertiary/aromatic N) is 1. The van der Waals surface area contributed by atoms with Gasteiger partial charge in [-0.05, 0) is 31.0 Å². The molecule has 0 atom stereocenters. The molecule has 2 heterocycles. The van der Waals surface area contributed by atoms with Crippen molar-refractivity contribution in [3.8, 4) is 0 Å². The summed E-state index contributed by atoms with van der Waals surface area (Å²) in [7, 11) is 0. The van der Waals surface area contributed by atoms with Crippen molar-refractivity contribution in [1.29, 1.82) is 0 Å². The summed E-state index contributed by atoms with van der Waals surface area (Å²) in [5.74, 6) is 0. The topological polar surface area (TPSA) is 54.7 Å². The van der Waals surface area contributed by atoms with Gasteiger partial charge in [-0.2, -0.15) is 0 Å². The molecule has 0 unspecified atom stereocenters. The van der Waals surface area contributed by atoms with Crippen molar-refractivity contribution in [2.24, 2.45) is 5.73 Å². The smallest absolute Gasteiger partial charge is 0.137 e. The van der Waals surface area contributed by atoms with Crippen LogP contribution in [-0.4, -0.2) is 9.97 Å². The lowest BCUT2D eigenvalue weighted by molar-refractivity contribution is 1.00. The highest BCUT2D eigenvalue weighted by Gasteiger charge is 2.07. The van der Waals surface area contributed by atoms with Crippen molar-refractivity contribution < 1.29 is 0 Å². The molecule has 3 nitrogen and oxygen atoms in total. The summed E-state index contributed by atoms with van der Waals surface area (Å²) in [6.45, 7) is 4.65. The average molecular weight is 212 g/mol. The number of hydrogen-bond acceptors (Lipinski definition) is 2. The van der Waals surface area contributed by atoms with Crippen LogP contribution in [0.5, 0.6) is 0 Å². The van der Waals surface area contributed by atoms with E-state index in [9.17, 15) is 0 Å². The van der Waals surface area contributed by atoms with Crippen LogP contribution in [0.25, 0.3) is 11.0 Å². The minimum Gasteiger partial charge on any atom is -0.346 e. The van der Waals surface area contributed by atoms with Gasteiger partial charge in [0, 0.05) is 23.8 Å². The van der Waals surface area contributed by atoms with E-state index in [0.29, 0.717) is 6.54 Å². The zero-order chi connectivity index (χ0) is 9.42. The lowest BCUT2D eigenvalue weighted by atomic mass is 10.1. The lowest BCUT2D eigenvalue weighted by Gasteiger charge is -2.07. The monoisotopic (exact) mass is 211 g/mol. The van der Waals surface area contributed by atoms with Gasteiger partial charge in [-0.3, -0.25) is 0 Å². The Kier molecular flexibility index (Phi) is 3.13. The molecule has 0 saturated carbocycles. The number of halogens is 1. The Balaban J connectivity index is 0.000000980. The fourth-order valence-electron chi connectivity index (χ4n) is 1.73. The van der Waals surface area contributed by atoms with Gasteiger partial charge < -0.3 is 10.7 Å². The number of rotatable bonds is 1. The highest BCUT2D eigenvalue weighted by atomic mass is 35.5. The molecule has 0 amide bonds. The molecule has 14 heavy (non-hydrogen) atoms. The van der Waals surface area contributed by atoms with Crippen molar-refractivity contribution in [2.75, 3.05) is 0 Å². The molecule has 0 saturated heterocycles. The Morgan fingerprint density at radius 2 is 2.14 bits per heavy atom. The van der Waals surface area contributed by atoms with Gasteiger partial charge in [-0.15, -0.1) is 12.4 Å². The van der Waals surface area contributed by atoms with Gasteiger partial charge in [-0.25, -0.2) is 4.98 Å². The van der Waals surface area contributed by atoms with Gasteiger partial charge in [0.2, 0.25) is 0 Å². The Morgan fingerprint density at radius 3 is 2.79 bits per heavy atom. The quantitative estimate of drug-likeness (QED) is 0.759. The molecule has 0 aromatic carbocycles. The van der Waals surface area contributed by atoms with Crippen molar-refractivity contribution in [1.82, 2.24) is 9.97 Å². The van der Waals surface area contributed by atoms with E-state index in [2.05, 4.69) is 16.9 Å². The van der Waals surface area contributed by atoms with Crippen molar-refractivity contribution in [3.63, 3.8) is 0 Å². The van der Waals surface area contributed by atoms with Crippen LogP contribution in [0.2, 0.25) is 0 Å². The number of aryl methyl sites for hydroxylation is 2. The average Bonchev–Trinajstić information content (AvgIpc) is 2.53. The first-order chi connectivity index (χ1) is 6.24. The first-order valence-electron chi connectivity index (χ1n) is 4.37. The lowest BCUT2D eigenvalue weighted by Crippen LogP contribution is -2.04. The van der Waals surface area contributed by atoms with Crippen LogP contribution < -0.4 is 5.73 Å². The number of aromatic nitrogens is 2. The third-order valence-electron chi connectivity index (χ3n) is 2.50. The van der Waals surface area contributed by atoms with E-state index >= 15 is 0 Å². The van der Waals surface area contributed by atoms with E-state index < -0.39 is 0 Å². The SMILES string of the molecule is Cc1nc2[nH]ccc2c(C)c1CN.Cl.